The molecule has 0 unspecified atom stereocenters. The molecule has 0 spiro atoms. The highest BCUT2D eigenvalue weighted by Crippen LogP contribution is 2.24. The van der Waals surface area contributed by atoms with E-state index in [1.807, 2.05) is 52.8 Å². The van der Waals surface area contributed by atoms with Gasteiger partial charge in [-0.2, -0.15) is 0 Å². The van der Waals surface area contributed by atoms with Gasteiger partial charge in [-0.3, -0.25) is 4.79 Å². The van der Waals surface area contributed by atoms with Crippen LogP contribution in [-0.4, -0.2) is 47.2 Å². The van der Waals surface area contributed by atoms with Crippen molar-refractivity contribution in [3.05, 3.63) is 64.7 Å². The maximum atomic E-state index is 12.7. The monoisotopic (exact) mass is 465 g/mol. The molecule has 182 valence electrons. The fourth-order valence-corrected chi connectivity index (χ4v) is 3.87. The van der Waals surface area contributed by atoms with Crippen LogP contribution in [0.2, 0.25) is 0 Å². The molecule has 0 atom stereocenters. The van der Waals surface area contributed by atoms with Gasteiger partial charge in [-0.25, -0.2) is 4.79 Å². The van der Waals surface area contributed by atoms with Crippen molar-refractivity contribution < 1.29 is 24.2 Å². The second-order valence-electron chi connectivity index (χ2n) is 9.94. The third-order valence-corrected chi connectivity index (χ3v) is 5.86. The number of hydrogen-bond acceptors (Lipinski definition) is 5. The number of rotatable bonds is 6. The number of carbonyl (C=O) groups excluding carboxylic acids is 2. The van der Waals surface area contributed by atoms with Gasteiger partial charge in [-0.05, 0) is 106 Å². The zero-order valence-electron chi connectivity index (χ0n) is 20.8. The third kappa shape index (κ3) is 7.11. The number of phenols is 1. The van der Waals surface area contributed by atoms with Crippen LogP contribution >= 0.6 is 0 Å². The summed E-state index contributed by atoms with van der Waals surface area (Å²) in [5, 5.41) is 9.64. The number of allylic oxidation sites excluding steroid dienone is 1. The van der Waals surface area contributed by atoms with Crippen LogP contribution < -0.4 is 4.74 Å². The van der Waals surface area contributed by atoms with Crippen LogP contribution in [0.15, 0.2) is 42.5 Å². The number of amides is 1. The minimum Gasteiger partial charge on any atom is -0.508 e. The Kier molecular flexibility index (Phi) is 8.02. The van der Waals surface area contributed by atoms with E-state index in [1.54, 1.807) is 35.3 Å². The summed E-state index contributed by atoms with van der Waals surface area (Å²) in [4.78, 5) is 26.6. The van der Waals surface area contributed by atoms with Gasteiger partial charge in [0.1, 0.15) is 17.1 Å². The van der Waals surface area contributed by atoms with Gasteiger partial charge in [-0.1, -0.05) is 12.1 Å². The van der Waals surface area contributed by atoms with Crippen molar-refractivity contribution in [2.75, 3.05) is 19.7 Å². The first-order valence-electron chi connectivity index (χ1n) is 11.8. The Bertz CT molecular complexity index is 1060. The first kappa shape index (κ1) is 25.3. The Labute approximate surface area is 202 Å². The maximum Gasteiger partial charge on any atom is 0.410 e. The Balaban J connectivity index is 1.50. The number of ketones is 1. The number of carbonyl (C=O) groups is 2. The van der Waals surface area contributed by atoms with Gasteiger partial charge in [0.05, 0.1) is 6.61 Å². The van der Waals surface area contributed by atoms with Crippen molar-refractivity contribution in [1.29, 1.82) is 0 Å². The van der Waals surface area contributed by atoms with E-state index in [4.69, 9.17) is 9.47 Å². The Morgan fingerprint density at radius 2 is 1.76 bits per heavy atom. The lowest BCUT2D eigenvalue weighted by atomic mass is 9.98. The topological polar surface area (TPSA) is 76.1 Å². The predicted octanol–water partition coefficient (Wildman–Crippen LogP) is 5.93. The molecule has 6 heteroatoms. The first-order chi connectivity index (χ1) is 16.0. The lowest BCUT2D eigenvalue weighted by Gasteiger charge is -2.33. The molecule has 2 aromatic rings. The van der Waals surface area contributed by atoms with Gasteiger partial charge in [0.2, 0.25) is 0 Å². The lowest BCUT2D eigenvalue weighted by Crippen LogP contribution is -2.42. The molecule has 0 saturated carbocycles. The van der Waals surface area contributed by atoms with E-state index in [1.165, 1.54) is 0 Å². The molecule has 1 amide bonds. The van der Waals surface area contributed by atoms with Gasteiger partial charge in [0.15, 0.2) is 5.78 Å². The van der Waals surface area contributed by atoms with Crippen molar-refractivity contribution in [2.45, 2.75) is 53.1 Å². The number of hydrogen-bond donors (Lipinski definition) is 1. The third-order valence-electron chi connectivity index (χ3n) is 5.86. The van der Waals surface area contributed by atoms with Gasteiger partial charge in [0.25, 0.3) is 0 Å². The average molecular weight is 466 g/mol. The van der Waals surface area contributed by atoms with Crippen molar-refractivity contribution in [3.63, 3.8) is 0 Å². The highest BCUT2D eigenvalue weighted by atomic mass is 16.6. The molecule has 1 saturated heterocycles. The summed E-state index contributed by atoms with van der Waals surface area (Å²) in [6.07, 6.45) is 4.79. The molecule has 6 nitrogen and oxygen atoms in total. The number of likely N-dealkylation sites (tertiary alicyclic amines) is 1. The van der Waals surface area contributed by atoms with E-state index >= 15 is 0 Å². The van der Waals surface area contributed by atoms with Crippen LogP contribution in [0.1, 0.15) is 60.7 Å². The summed E-state index contributed by atoms with van der Waals surface area (Å²) in [6.45, 7) is 11.3. The molecule has 2 aromatic carbocycles. The standard InChI is InChI=1S/C28H35NO5/c1-19-17-23(33-18-22-12-14-29(15-13-22)27(32)34-28(3,4)5)8-9-24(19)26(31)11-7-21-6-10-25(30)20(2)16-21/h6-11,16-17,22,30H,12-15,18H2,1-5H3/b11-7+. The zero-order chi connectivity index (χ0) is 24.9. The Morgan fingerprint density at radius 3 is 2.38 bits per heavy atom. The average Bonchev–Trinajstić information content (AvgIpc) is 2.77. The number of ether oxygens (including phenoxy) is 2. The van der Waals surface area contributed by atoms with Crippen molar-refractivity contribution in [3.8, 4) is 11.5 Å². The molecular formula is C28H35NO5. The number of benzene rings is 2. The summed E-state index contributed by atoms with van der Waals surface area (Å²) in [6, 6.07) is 10.7. The summed E-state index contributed by atoms with van der Waals surface area (Å²) >= 11 is 0. The number of aromatic hydroxyl groups is 1. The summed E-state index contributed by atoms with van der Waals surface area (Å²) in [7, 11) is 0. The highest BCUT2D eigenvalue weighted by Gasteiger charge is 2.27. The quantitative estimate of drug-likeness (QED) is 0.423. The molecule has 1 fully saturated rings. The van der Waals surface area contributed by atoms with Gasteiger partial charge >= 0.3 is 6.09 Å². The van der Waals surface area contributed by atoms with E-state index in [0.29, 0.717) is 31.2 Å². The largest absolute Gasteiger partial charge is 0.508 e. The Morgan fingerprint density at radius 1 is 1.06 bits per heavy atom. The van der Waals surface area contributed by atoms with E-state index < -0.39 is 5.60 Å². The fraction of sp³-hybridized carbons (Fsp3) is 0.429. The molecule has 0 radical (unpaired) electrons. The van der Waals surface area contributed by atoms with Crippen LogP contribution in [0.3, 0.4) is 0 Å². The normalized spacial score (nSPS) is 14.9. The maximum absolute atomic E-state index is 12.7. The fourth-order valence-electron chi connectivity index (χ4n) is 3.87. The molecule has 1 aliphatic rings. The molecular weight excluding hydrogens is 430 g/mol. The SMILES string of the molecule is Cc1cc(/C=C/C(=O)c2ccc(OCC3CCN(C(=O)OC(C)(C)C)CC3)cc2C)ccc1O. The summed E-state index contributed by atoms with van der Waals surface area (Å²) in [5.41, 5.74) is 2.63. The molecule has 1 N–H and O–H groups in total. The molecule has 1 aliphatic heterocycles. The number of aryl methyl sites for hydroxylation is 2. The van der Waals surface area contributed by atoms with Crippen LogP contribution in [0.5, 0.6) is 11.5 Å². The van der Waals surface area contributed by atoms with Crippen LogP contribution in [0.25, 0.3) is 6.08 Å². The molecule has 0 aliphatic carbocycles. The summed E-state index contributed by atoms with van der Waals surface area (Å²) < 4.78 is 11.5. The number of piperidine rings is 1. The van der Waals surface area contributed by atoms with E-state index in [0.717, 1.165) is 35.3 Å². The first-order valence-corrected chi connectivity index (χ1v) is 11.8. The van der Waals surface area contributed by atoms with Crippen molar-refractivity contribution >= 4 is 18.0 Å². The van der Waals surface area contributed by atoms with Gasteiger partial charge in [0, 0.05) is 18.7 Å². The van der Waals surface area contributed by atoms with E-state index in [-0.39, 0.29) is 17.6 Å². The van der Waals surface area contributed by atoms with Gasteiger partial charge < -0.3 is 19.5 Å². The highest BCUT2D eigenvalue weighted by molar-refractivity contribution is 6.07. The smallest absolute Gasteiger partial charge is 0.410 e. The van der Waals surface area contributed by atoms with E-state index in [2.05, 4.69) is 0 Å². The second kappa shape index (κ2) is 10.8. The van der Waals surface area contributed by atoms with E-state index in [9.17, 15) is 14.7 Å². The minimum absolute atomic E-state index is 0.0794. The van der Waals surface area contributed by atoms with Crippen molar-refractivity contribution in [1.82, 2.24) is 4.90 Å². The molecule has 3 rings (SSSR count). The van der Waals surface area contributed by atoms with Crippen molar-refractivity contribution in [2.24, 2.45) is 5.92 Å². The van der Waals surface area contributed by atoms with Crippen LogP contribution in [-0.2, 0) is 4.74 Å². The van der Waals surface area contributed by atoms with Crippen LogP contribution in [0, 0.1) is 19.8 Å². The zero-order valence-corrected chi connectivity index (χ0v) is 20.8. The predicted molar refractivity (Wildman–Crippen MR) is 133 cm³/mol. The summed E-state index contributed by atoms with van der Waals surface area (Å²) in [5.74, 6) is 1.27. The molecule has 1 heterocycles. The van der Waals surface area contributed by atoms with Gasteiger partial charge in [-0.15, -0.1) is 0 Å². The number of nitrogens with zero attached hydrogens (tertiary/aromatic N) is 1. The lowest BCUT2D eigenvalue weighted by molar-refractivity contribution is 0.0165. The molecule has 34 heavy (non-hydrogen) atoms. The molecule has 0 aromatic heterocycles. The molecule has 0 bridgehead atoms. The minimum atomic E-state index is -0.483. The Hall–Kier alpha value is -3.28. The second-order valence-corrected chi connectivity index (χ2v) is 9.94. The number of phenolic OH excluding ortho intramolecular Hbond substituents is 1. The van der Waals surface area contributed by atoms with Crippen LogP contribution in [0.4, 0.5) is 4.79 Å².